The molecule has 23 heavy (non-hydrogen) atoms. The Morgan fingerprint density at radius 2 is 2.22 bits per heavy atom. The molecule has 1 aromatic carbocycles. The molecule has 5 nitrogen and oxygen atoms in total. The Bertz CT molecular complexity index is 832. The second kappa shape index (κ2) is 5.52. The van der Waals surface area contributed by atoms with Crippen molar-refractivity contribution in [2.75, 3.05) is 7.11 Å². The van der Waals surface area contributed by atoms with Crippen molar-refractivity contribution in [1.29, 1.82) is 0 Å². The van der Waals surface area contributed by atoms with E-state index in [1.165, 1.54) is 0 Å². The topological polar surface area (TPSA) is 59.1 Å². The van der Waals surface area contributed by atoms with Gasteiger partial charge in [-0.05, 0) is 42.3 Å². The van der Waals surface area contributed by atoms with Gasteiger partial charge in [-0.25, -0.2) is 9.98 Å². The highest BCUT2D eigenvalue weighted by Gasteiger charge is 2.28. The van der Waals surface area contributed by atoms with Gasteiger partial charge in [0, 0.05) is 17.8 Å². The average molecular weight is 307 g/mol. The molecule has 1 N–H and O–H groups in total. The molecule has 0 bridgehead atoms. The smallest absolute Gasteiger partial charge is 0.164 e. The highest BCUT2D eigenvalue weighted by Crippen LogP contribution is 2.35. The molecule has 0 fully saturated rings. The van der Waals surface area contributed by atoms with E-state index in [1.54, 1.807) is 13.4 Å². The first-order valence-electron chi connectivity index (χ1n) is 7.58. The van der Waals surface area contributed by atoms with Gasteiger partial charge in [-0.15, -0.1) is 0 Å². The number of hydrogen-bond acceptors (Lipinski definition) is 4. The van der Waals surface area contributed by atoms with Gasteiger partial charge in [0.2, 0.25) is 0 Å². The minimum absolute atomic E-state index is 0.0930. The normalized spacial score (nSPS) is 19.7. The van der Waals surface area contributed by atoms with Crippen LogP contribution in [0.25, 0.3) is 0 Å². The highest BCUT2D eigenvalue weighted by molar-refractivity contribution is 6.08. The van der Waals surface area contributed by atoms with Crippen LogP contribution in [0.1, 0.15) is 29.7 Å². The predicted molar refractivity (Wildman–Crippen MR) is 89.2 cm³/mol. The minimum Gasteiger partial charge on any atom is -0.497 e. The van der Waals surface area contributed by atoms with E-state index in [2.05, 4.69) is 22.1 Å². The van der Waals surface area contributed by atoms with Crippen molar-refractivity contribution in [3.8, 4) is 5.75 Å². The molecule has 1 aromatic heterocycles. The van der Waals surface area contributed by atoms with Crippen molar-refractivity contribution in [1.82, 2.24) is 4.57 Å². The van der Waals surface area contributed by atoms with Gasteiger partial charge >= 0.3 is 0 Å². The van der Waals surface area contributed by atoms with Crippen LogP contribution in [0.3, 0.4) is 0 Å². The van der Waals surface area contributed by atoms with Crippen LogP contribution in [0.4, 0.5) is 0 Å². The zero-order valence-electron chi connectivity index (χ0n) is 12.8. The lowest BCUT2D eigenvalue weighted by atomic mass is 9.91. The van der Waals surface area contributed by atoms with E-state index in [9.17, 15) is 5.11 Å². The Hall–Kier alpha value is -2.66. The fraction of sp³-hybridized carbons (Fsp3) is 0.222. The Morgan fingerprint density at radius 1 is 1.30 bits per heavy atom. The summed E-state index contributed by atoms with van der Waals surface area (Å²) in [5, 5.41) is 10.6. The molecule has 5 heteroatoms. The van der Waals surface area contributed by atoms with E-state index in [1.807, 2.05) is 41.1 Å². The van der Waals surface area contributed by atoms with E-state index in [0.717, 1.165) is 28.5 Å². The number of hydrogen-bond donors (Lipinski definition) is 1. The molecule has 2 atom stereocenters. The first kappa shape index (κ1) is 14.0. The lowest BCUT2D eigenvalue weighted by Gasteiger charge is -2.24. The summed E-state index contributed by atoms with van der Waals surface area (Å²) < 4.78 is 7.28. The number of benzene rings is 1. The molecular formula is C18H17N3O2. The van der Waals surface area contributed by atoms with Crippen LogP contribution in [0, 0.1) is 0 Å². The Morgan fingerprint density at radius 3 is 3.09 bits per heavy atom. The summed E-state index contributed by atoms with van der Waals surface area (Å²) in [6.45, 7) is 0. The third-order valence-electron chi connectivity index (χ3n) is 4.31. The molecule has 0 spiro atoms. The van der Waals surface area contributed by atoms with E-state index in [4.69, 9.17) is 4.74 Å². The maximum atomic E-state index is 10.6. The first-order valence-corrected chi connectivity index (χ1v) is 7.58. The maximum absolute atomic E-state index is 10.6. The Kier molecular flexibility index (Phi) is 3.35. The van der Waals surface area contributed by atoms with Crippen molar-refractivity contribution >= 4 is 12.2 Å². The number of aromatic nitrogens is 1. The fourth-order valence-electron chi connectivity index (χ4n) is 3.15. The first-order chi connectivity index (χ1) is 11.3. The zero-order chi connectivity index (χ0) is 15.8. The molecule has 2 aliphatic rings. The fourth-order valence-corrected chi connectivity index (χ4v) is 3.15. The summed E-state index contributed by atoms with van der Waals surface area (Å²) in [7, 11) is 1.63. The minimum atomic E-state index is -0.570. The van der Waals surface area contributed by atoms with Crippen LogP contribution < -0.4 is 4.74 Å². The number of allylic oxidation sites excluding steroid dienone is 2. The zero-order valence-corrected chi connectivity index (χ0v) is 12.8. The summed E-state index contributed by atoms with van der Waals surface area (Å²) in [5.41, 5.74) is 2.85. The van der Waals surface area contributed by atoms with Crippen molar-refractivity contribution in [3.63, 3.8) is 0 Å². The number of aliphatic hydroxyl groups excluding tert-OH is 1. The molecular weight excluding hydrogens is 290 g/mol. The standard InChI is InChI=1S/C18H17N3O2/c1-23-14-5-2-4-12(8-14)17(22)10-13-9-15-18(20-11-19-15)21-7-3-6-16(13)21/h2-9,11,13,17,22H,10H2,1H3. The number of rotatable bonds is 4. The Balaban J connectivity index is 1.62. The number of aliphatic hydroxyl groups is 1. The SMILES string of the molecule is COc1cccc(C(O)CC2C=C3N=CN=C3n3cccc32)c1. The third kappa shape index (κ3) is 2.39. The van der Waals surface area contributed by atoms with Gasteiger partial charge < -0.3 is 14.4 Å². The third-order valence-corrected chi connectivity index (χ3v) is 4.31. The van der Waals surface area contributed by atoms with Crippen LogP contribution in [-0.2, 0) is 0 Å². The van der Waals surface area contributed by atoms with Crippen LogP contribution >= 0.6 is 0 Å². The molecule has 2 unspecified atom stereocenters. The molecule has 0 amide bonds. The number of ether oxygens (including phenoxy) is 1. The van der Waals surface area contributed by atoms with Crippen LogP contribution in [0.2, 0.25) is 0 Å². The van der Waals surface area contributed by atoms with Crippen molar-refractivity contribution in [2.24, 2.45) is 9.98 Å². The van der Waals surface area contributed by atoms with Gasteiger partial charge in [0.1, 0.15) is 17.8 Å². The van der Waals surface area contributed by atoms with E-state index >= 15 is 0 Å². The van der Waals surface area contributed by atoms with E-state index in [-0.39, 0.29) is 5.92 Å². The molecule has 0 aliphatic carbocycles. The summed E-state index contributed by atoms with van der Waals surface area (Å²) in [5.74, 6) is 1.70. The van der Waals surface area contributed by atoms with Crippen molar-refractivity contribution in [2.45, 2.75) is 18.4 Å². The highest BCUT2D eigenvalue weighted by atomic mass is 16.5. The summed E-state index contributed by atoms with van der Waals surface area (Å²) in [4.78, 5) is 8.61. The molecule has 116 valence electrons. The molecule has 0 saturated carbocycles. The second-order valence-corrected chi connectivity index (χ2v) is 5.69. The van der Waals surface area contributed by atoms with Gasteiger partial charge in [-0.2, -0.15) is 0 Å². The summed E-state index contributed by atoms with van der Waals surface area (Å²) in [6.07, 6.45) is 5.66. The van der Waals surface area contributed by atoms with Crippen LogP contribution in [0.15, 0.2) is 64.4 Å². The molecule has 2 aliphatic heterocycles. The van der Waals surface area contributed by atoms with Crippen LogP contribution in [-0.4, -0.2) is 29.0 Å². The molecule has 0 saturated heterocycles. The quantitative estimate of drug-likeness (QED) is 0.944. The number of nitrogens with zero attached hydrogens (tertiary/aromatic N) is 3. The molecule has 0 radical (unpaired) electrons. The molecule has 3 heterocycles. The van der Waals surface area contributed by atoms with Crippen molar-refractivity contribution < 1.29 is 9.84 Å². The lowest BCUT2D eigenvalue weighted by Crippen LogP contribution is -2.21. The number of methoxy groups -OCH3 is 1. The summed E-state index contributed by atoms with van der Waals surface area (Å²) in [6, 6.07) is 11.6. The van der Waals surface area contributed by atoms with E-state index < -0.39 is 6.10 Å². The van der Waals surface area contributed by atoms with Gasteiger partial charge in [-0.3, -0.25) is 0 Å². The largest absolute Gasteiger partial charge is 0.497 e. The van der Waals surface area contributed by atoms with Gasteiger partial charge in [-0.1, -0.05) is 12.1 Å². The van der Waals surface area contributed by atoms with Crippen LogP contribution in [0.5, 0.6) is 5.75 Å². The predicted octanol–water partition coefficient (Wildman–Crippen LogP) is 2.89. The second-order valence-electron chi connectivity index (χ2n) is 5.69. The average Bonchev–Trinajstić information content (AvgIpc) is 3.23. The van der Waals surface area contributed by atoms with Crippen molar-refractivity contribution in [3.05, 3.63) is 65.6 Å². The molecule has 4 rings (SSSR count). The monoisotopic (exact) mass is 307 g/mol. The van der Waals surface area contributed by atoms with Gasteiger partial charge in [0.15, 0.2) is 5.84 Å². The molecule has 2 aromatic rings. The number of fused-ring (bicyclic) bond motifs is 3. The Labute approximate surface area is 134 Å². The maximum Gasteiger partial charge on any atom is 0.164 e. The number of aliphatic imine (C=N–C) groups is 2. The van der Waals surface area contributed by atoms with E-state index in [0.29, 0.717) is 6.42 Å². The lowest BCUT2D eigenvalue weighted by molar-refractivity contribution is 0.161. The summed E-state index contributed by atoms with van der Waals surface area (Å²) >= 11 is 0. The van der Waals surface area contributed by atoms with Gasteiger partial charge in [0.25, 0.3) is 0 Å². The van der Waals surface area contributed by atoms with Gasteiger partial charge in [0.05, 0.1) is 13.2 Å².